The minimum absolute atomic E-state index is 0.00626. The number of rotatable bonds is 4. The van der Waals surface area contributed by atoms with Gasteiger partial charge in [-0.05, 0) is 37.3 Å². The van der Waals surface area contributed by atoms with Crippen molar-refractivity contribution in [2.45, 2.75) is 57.2 Å². The van der Waals surface area contributed by atoms with Gasteiger partial charge in [0.05, 0.1) is 11.9 Å². The first-order chi connectivity index (χ1) is 13.1. The molecule has 0 spiro atoms. The second kappa shape index (κ2) is 7.09. The molecule has 3 atom stereocenters. The summed E-state index contributed by atoms with van der Waals surface area (Å²) in [6.45, 7) is 0.0930. The van der Waals surface area contributed by atoms with E-state index in [1.165, 1.54) is 4.68 Å². The number of hydrogen-bond donors (Lipinski definition) is 1. The molecule has 0 radical (unpaired) electrons. The Labute approximate surface area is 155 Å². The van der Waals surface area contributed by atoms with Gasteiger partial charge in [-0.3, -0.25) is 9.59 Å². The molecule has 2 heterocycles. The van der Waals surface area contributed by atoms with Gasteiger partial charge in [0, 0.05) is 12.5 Å². The summed E-state index contributed by atoms with van der Waals surface area (Å²) in [4.78, 5) is 38.6. The number of carboxylic acid groups (broad SMARTS) is 1. The highest BCUT2D eigenvalue weighted by atomic mass is 16.4. The predicted octanol–water partition coefficient (Wildman–Crippen LogP) is 1.43. The lowest BCUT2D eigenvalue weighted by atomic mass is 9.84. The van der Waals surface area contributed by atoms with Crippen molar-refractivity contribution >= 4 is 22.8 Å². The Morgan fingerprint density at radius 3 is 2.78 bits per heavy atom. The second-order valence-electron chi connectivity index (χ2n) is 7.39. The number of carbonyl (C=O) groups excluding carboxylic acids is 1. The molecule has 1 aromatic heterocycles. The number of carbonyl (C=O) groups is 2. The first-order valence-corrected chi connectivity index (χ1v) is 9.43. The number of aryl methyl sites for hydroxylation is 1. The zero-order chi connectivity index (χ0) is 19.0. The van der Waals surface area contributed by atoms with Gasteiger partial charge in [0.2, 0.25) is 5.91 Å². The number of fused-ring (bicyclic) bond motifs is 2. The molecular weight excluding hydrogens is 348 g/mol. The molecule has 1 amide bonds. The molecule has 142 valence electrons. The fourth-order valence-corrected chi connectivity index (χ4v) is 4.54. The highest BCUT2D eigenvalue weighted by molar-refractivity contribution is 5.84. The maximum absolute atomic E-state index is 12.9. The first-order valence-electron chi connectivity index (χ1n) is 9.43. The Morgan fingerprint density at radius 1 is 1.19 bits per heavy atom. The summed E-state index contributed by atoms with van der Waals surface area (Å²) in [6, 6.07) is 6.18. The minimum Gasteiger partial charge on any atom is -0.480 e. The molecule has 1 saturated carbocycles. The van der Waals surface area contributed by atoms with Gasteiger partial charge in [0.25, 0.3) is 5.56 Å². The average molecular weight is 370 g/mol. The maximum Gasteiger partial charge on any atom is 0.326 e. The van der Waals surface area contributed by atoms with Crippen LogP contribution in [0.25, 0.3) is 10.9 Å². The van der Waals surface area contributed by atoms with E-state index in [4.69, 9.17) is 0 Å². The summed E-state index contributed by atoms with van der Waals surface area (Å²) in [5.41, 5.74) is 0.223. The molecule has 3 unspecified atom stereocenters. The molecule has 1 saturated heterocycles. The number of hydrogen-bond acceptors (Lipinski definition) is 5. The van der Waals surface area contributed by atoms with E-state index in [9.17, 15) is 19.5 Å². The van der Waals surface area contributed by atoms with Gasteiger partial charge in [-0.25, -0.2) is 9.48 Å². The van der Waals surface area contributed by atoms with Crippen LogP contribution >= 0.6 is 0 Å². The Balaban J connectivity index is 1.52. The van der Waals surface area contributed by atoms with Gasteiger partial charge in [0.15, 0.2) is 0 Å². The third-order valence-corrected chi connectivity index (χ3v) is 5.83. The fourth-order valence-electron chi connectivity index (χ4n) is 4.54. The van der Waals surface area contributed by atoms with Crippen molar-refractivity contribution in [3.8, 4) is 0 Å². The Morgan fingerprint density at radius 2 is 1.96 bits per heavy atom. The van der Waals surface area contributed by atoms with Crippen LogP contribution in [-0.4, -0.2) is 49.0 Å². The number of nitrogens with zero attached hydrogens (tertiary/aromatic N) is 4. The van der Waals surface area contributed by atoms with Crippen molar-refractivity contribution in [2.24, 2.45) is 5.92 Å². The van der Waals surface area contributed by atoms with E-state index in [-0.39, 0.29) is 36.4 Å². The lowest BCUT2D eigenvalue weighted by Crippen LogP contribution is -2.46. The first kappa shape index (κ1) is 17.6. The molecule has 8 nitrogen and oxygen atoms in total. The molecule has 1 aromatic carbocycles. The molecule has 0 bridgehead atoms. The third kappa shape index (κ3) is 3.20. The molecule has 2 aromatic rings. The molecule has 1 N–H and O–H groups in total. The van der Waals surface area contributed by atoms with Gasteiger partial charge < -0.3 is 10.0 Å². The molecule has 1 aliphatic carbocycles. The van der Waals surface area contributed by atoms with E-state index in [1.54, 1.807) is 29.2 Å². The van der Waals surface area contributed by atoms with Crippen LogP contribution in [0, 0.1) is 5.92 Å². The largest absolute Gasteiger partial charge is 0.480 e. The highest BCUT2D eigenvalue weighted by Crippen LogP contribution is 2.40. The lowest BCUT2D eigenvalue weighted by molar-refractivity contribution is -0.150. The second-order valence-corrected chi connectivity index (χ2v) is 7.39. The van der Waals surface area contributed by atoms with Crippen LogP contribution in [0.5, 0.6) is 0 Å². The summed E-state index contributed by atoms with van der Waals surface area (Å²) in [7, 11) is 0. The van der Waals surface area contributed by atoms with Crippen LogP contribution in [0.1, 0.15) is 38.5 Å². The van der Waals surface area contributed by atoms with E-state index < -0.39 is 12.0 Å². The van der Waals surface area contributed by atoms with Crippen LogP contribution in [0.3, 0.4) is 0 Å². The van der Waals surface area contributed by atoms with E-state index in [2.05, 4.69) is 10.3 Å². The topological polar surface area (TPSA) is 105 Å². The lowest BCUT2D eigenvalue weighted by Gasteiger charge is -2.33. The van der Waals surface area contributed by atoms with Crippen LogP contribution in [0.4, 0.5) is 0 Å². The van der Waals surface area contributed by atoms with Crippen molar-refractivity contribution in [3.63, 3.8) is 0 Å². The van der Waals surface area contributed by atoms with Crippen molar-refractivity contribution in [1.29, 1.82) is 0 Å². The standard InChI is InChI=1S/C19H22N4O4/c24-17(23-15-8-4-1-5-12(15)11-16(23)19(26)27)9-10-22-18(25)13-6-2-3-7-14(13)20-21-22/h2-3,6-7,12,15-16H,1,4-5,8-11H2,(H,26,27). The fraction of sp³-hybridized carbons (Fsp3) is 0.526. The number of carboxylic acids is 1. The van der Waals surface area contributed by atoms with Gasteiger partial charge in [-0.1, -0.05) is 30.2 Å². The summed E-state index contributed by atoms with van der Waals surface area (Å²) in [5.74, 6) is -0.897. The highest BCUT2D eigenvalue weighted by Gasteiger charge is 2.47. The SMILES string of the molecule is O=C(O)C1CC2CCCCC2N1C(=O)CCn1nnc2ccccc2c1=O. The smallest absolute Gasteiger partial charge is 0.326 e. The Bertz CT molecular complexity index is 941. The molecular formula is C19H22N4O4. The van der Waals surface area contributed by atoms with E-state index in [0.717, 1.165) is 25.7 Å². The number of aliphatic carboxylic acids is 1. The van der Waals surface area contributed by atoms with Crippen LogP contribution < -0.4 is 5.56 Å². The quantitative estimate of drug-likeness (QED) is 0.873. The molecule has 2 aliphatic rings. The van der Waals surface area contributed by atoms with Gasteiger partial charge in [-0.2, -0.15) is 0 Å². The van der Waals surface area contributed by atoms with Crippen LogP contribution in [0.2, 0.25) is 0 Å². The summed E-state index contributed by atoms with van der Waals surface area (Å²) < 4.78 is 1.18. The third-order valence-electron chi connectivity index (χ3n) is 5.83. The summed E-state index contributed by atoms with van der Waals surface area (Å²) >= 11 is 0. The van der Waals surface area contributed by atoms with Crippen LogP contribution in [-0.2, 0) is 16.1 Å². The Kier molecular flexibility index (Phi) is 4.63. The maximum atomic E-state index is 12.9. The zero-order valence-corrected chi connectivity index (χ0v) is 15.0. The predicted molar refractivity (Wildman–Crippen MR) is 97.0 cm³/mol. The van der Waals surface area contributed by atoms with Crippen molar-refractivity contribution in [1.82, 2.24) is 19.9 Å². The molecule has 1 aliphatic heterocycles. The van der Waals surface area contributed by atoms with Crippen molar-refractivity contribution in [2.75, 3.05) is 0 Å². The number of benzene rings is 1. The minimum atomic E-state index is -0.944. The summed E-state index contributed by atoms with van der Waals surface area (Å²) in [5, 5.41) is 17.9. The average Bonchev–Trinajstić information content (AvgIpc) is 3.07. The monoisotopic (exact) mass is 370 g/mol. The van der Waals surface area contributed by atoms with Gasteiger partial charge in [-0.15, -0.1) is 5.10 Å². The Hall–Kier alpha value is -2.77. The van der Waals surface area contributed by atoms with Gasteiger partial charge in [0.1, 0.15) is 11.6 Å². The normalized spacial score (nSPS) is 24.7. The molecule has 4 rings (SSSR count). The molecule has 27 heavy (non-hydrogen) atoms. The number of likely N-dealkylation sites (tertiary alicyclic amines) is 1. The zero-order valence-electron chi connectivity index (χ0n) is 15.0. The van der Waals surface area contributed by atoms with Gasteiger partial charge >= 0.3 is 5.97 Å². The van der Waals surface area contributed by atoms with E-state index >= 15 is 0 Å². The van der Waals surface area contributed by atoms with E-state index in [1.807, 2.05) is 0 Å². The van der Waals surface area contributed by atoms with Crippen molar-refractivity contribution in [3.05, 3.63) is 34.6 Å². The molecule has 8 heteroatoms. The van der Waals surface area contributed by atoms with Crippen molar-refractivity contribution < 1.29 is 14.7 Å². The van der Waals surface area contributed by atoms with Crippen LogP contribution in [0.15, 0.2) is 29.1 Å². The van der Waals surface area contributed by atoms with E-state index in [0.29, 0.717) is 17.3 Å². The number of aromatic nitrogens is 3. The number of amides is 1. The molecule has 2 fully saturated rings. The summed E-state index contributed by atoms with van der Waals surface area (Å²) in [6.07, 6.45) is 4.52.